The highest BCUT2D eigenvalue weighted by Gasteiger charge is 2.13. The molecule has 0 saturated carbocycles. The van der Waals surface area contributed by atoms with Crippen molar-refractivity contribution in [1.29, 1.82) is 0 Å². The summed E-state index contributed by atoms with van der Waals surface area (Å²) in [7, 11) is 3.06. The lowest BCUT2D eigenvalue weighted by molar-refractivity contribution is 0.0370. The van der Waals surface area contributed by atoms with Gasteiger partial charge in [-0.1, -0.05) is 24.7 Å². The average molecular weight is 341 g/mol. The molecular formula is C20H23NO4. The number of methoxy groups -OCH3 is 2. The van der Waals surface area contributed by atoms with Crippen LogP contribution < -0.4 is 4.74 Å². The molecule has 1 aromatic heterocycles. The van der Waals surface area contributed by atoms with Gasteiger partial charge in [0.1, 0.15) is 11.5 Å². The number of hydrogen-bond donors (Lipinski definition) is 0. The third-order valence-electron chi connectivity index (χ3n) is 3.07. The number of allylic oxidation sites excluding steroid dienone is 3. The molecule has 0 aliphatic carbocycles. The minimum Gasteiger partial charge on any atom is -0.497 e. The van der Waals surface area contributed by atoms with Gasteiger partial charge in [-0.2, -0.15) is 0 Å². The number of hydrogen-bond acceptors (Lipinski definition) is 5. The summed E-state index contributed by atoms with van der Waals surface area (Å²) in [6.07, 6.45) is 10.8. The summed E-state index contributed by atoms with van der Waals surface area (Å²) < 4.78 is 15.5. The van der Waals surface area contributed by atoms with Crippen LogP contribution in [0.3, 0.4) is 0 Å². The summed E-state index contributed by atoms with van der Waals surface area (Å²) in [4.78, 5) is 16.4. The summed E-state index contributed by atoms with van der Waals surface area (Å²) >= 11 is 0. The lowest BCUT2D eigenvalue weighted by Crippen LogP contribution is -2.14. The Morgan fingerprint density at radius 3 is 2.68 bits per heavy atom. The molecule has 25 heavy (non-hydrogen) atoms. The number of carbonyl (C=O) groups excluding carboxylic acids is 1. The van der Waals surface area contributed by atoms with Gasteiger partial charge < -0.3 is 14.2 Å². The van der Waals surface area contributed by atoms with E-state index in [0.29, 0.717) is 29.2 Å². The van der Waals surface area contributed by atoms with Gasteiger partial charge >= 0.3 is 5.97 Å². The summed E-state index contributed by atoms with van der Waals surface area (Å²) in [5, 5.41) is 0. The third kappa shape index (κ3) is 6.56. The second kappa shape index (κ2) is 9.99. The summed E-state index contributed by atoms with van der Waals surface area (Å²) in [5.74, 6) is 2.96. The van der Waals surface area contributed by atoms with Crippen LogP contribution in [-0.4, -0.2) is 31.3 Å². The van der Waals surface area contributed by atoms with Crippen LogP contribution in [0.25, 0.3) is 0 Å². The normalized spacial score (nSPS) is 11.3. The lowest BCUT2D eigenvalue weighted by Gasteiger charge is -2.10. The molecule has 0 unspecified atom stereocenters. The minimum atomic E-state index is -0.486. The average Bonchev–Trinajstić information content (AvgIpc) is 2.59. The van der Waals surface area contributed by atoms with Crippen molar-refractivity contribution in [1.82, 2.24) is 4.98 Å². The Morgan fingerprint density at radius 2 is 2.12 bits per heavy atom. The molecule has 132 valence electrons. The van der Waals surface area contributed by atoms with Crippen molar-refractivity contribution in [2.75, 3.05) is 14.2 Å². The molecule has 1 rings (SSSR count). The van der Waals surface area contributed by atoms with E-state index in [-0.39, 0.29) is 11.8 Å². The van der Waals surface area contributed by atoms with Crippen molar-refractivity contribution in [2.45, 2.75) is 26.4 Å². The van der Waals surface area contributed by atoms with E-state index in [1.807, 2.05) is 6.08 Å². The van der Waals surface area contributed by atoms with Crippen LogP contribution in [-0.2, 0) is 15.9 Å². The highest BCUT2D eigenvalue weighted by atomic mass is 16.5. The molecule has 0 aliphatic heterocycles. The van der Waals surface area contributed by atoms with Crippen LogP contribution >= 0.6 is 0 Å². The molecule has 0 saturated heterocycles. The molecule has 0 fully saturated rings. The van der Waals surface area contributed by atoms with E-state index in [1.54, 1.807) is 38.1 Å². The van der Waals surface area contributed by atoms with Crippen molar-refractivity contribution in [3.63, 3.8) is 0 Å². The molecule has 0 atom stereocenters. The van der Waals surface area contributed by atoms with Crippen molar-refractivity contribution in [2.24, 2.45) is 0 Å². The molecule has 0 spiro atoms. The maximum atomic E-state index is 12.1. The van der Waals surface area contributed by atoms with Gasteiger partial charge in [0, 0.05) is 29.8 Å². The first-order chi connectivity index (χ1) is 11.9. The Bertz CT molecular complexity index is 724. The Labute approximate surface area is 149 Å². The van der Waals surface area contributed by atoms with Crippen LogP contribution in [0, 0.1) is 12.3 Å². The summed E-state index contributed by atoms with van der Waals surface area (Å²) in [6.45, 7) is 7.34. The monoisotopic (exact) mass is 341 g/mol. The predicted octanol–water partition coefficient (Wildman–Crippen LogP) is 3.47. The Hall–Kier alpha value is -3.00. The third-order valence-corrected chi connectivity index (χ3v) is 3.07. The number of ether oxygens (including phenoxy) is 3. The molecule has 0 N–H and O–H groups in total. The van der Waals surface area contributed by atoms with Crippen molar-refractivity contribution < 1.29 is 19.0 Å². The maximum Gasteiger partial charge on any atom is 0.357 e. The maximum absolute atomic E-state index is 12.1. The van der Waals surface area contributed by atoms with Gasteiger partial charge in [-0.15, -0.1) is 6.42 Å². The lowest BCUT2D eigenvalue weighted by atomic mass is 10.1. The molecule has 0 bridgehead atoms. The molecule has 1 heterocycles. The van der Waals surface area contributed by atoms with E-state index in [1.165, 1.54) is 14.2 Å². The van der Waals surface area contributed by atoms with Crippen molar-refractivity contribution in [3.05, 3.63) is 59.7 Å². The number of aromatic nitrogens is 1. The van der Waals surface area contributed by atoms with Crippen LogP contribution in [0.15, 0.2) is 48.3 Å². The van der Waals surface area contributed by atoms with Crippen molar-refractivity contribution in [3.8, 4) is 18.1 Å². The zero-order chi connectivity index (χ0) is 18.8. The predicted molar refractivity (Wildman–Crippen MR) is 97.2 cm³/mol. The van der Waals surface area contributed by atoms with E-state index in [2.05, 4.69) is 17.5 Å². The number of pyridine rings is 1. The van der Waals surface area contributed by atoms with Gasteiger partial charge in [0.2, 0.25) is 0 Å². The standard InChI is InChI=1S/C20H23NO4/c1-7-9-16(15(4)23-5)10-8-11-17-12-18(24-6)13-19(21-17)20(22)25-14(2)3/h1,8-10,12-14H,4,11H2,2-3,5-6H3/b10-8-,16-9+. The number of rotatable bonds is 8. The van der Waals surface area contributed by atoms with Gasteiger partial charge in [0.25, 0.3) is 0 Å². The SMILES string of the molecule is C#C/C=C(\C=C/Cc1cc(OC)cc(C(=O)OC(C)C)n1)C(=C)OC. The molecule has 0 aliphatic rings. The highest BCUT2D eigenvalue weighted by molar-refractivity contribution is 5.87. The second-order valence-electron chi connectivity index (χ2n) is 5.34. The zero-order valence-corrected chi connectivity index (χ0v) is 15.0. The fourth-order valence-electron chi connectivity index (χ4n) is 1.90. The Kier molecular flexibility index (Phi) is 8.01. The van der Waals surface area contributed by atoms with Gasteiger partial charge in [-0.25, -0.2) is 9.78 Å². The van der Waals surface area contributed by atoms with E-state index in [4.69, 9.17) is 20.6 Å². The molecule has 5 heteroatoms. The Balaban J connectivity index is 3.00. The molecular weight excluding hydrogens is 318 g/mol. The molecule has 5 nitrogen and oxygen atoms in total. The Morgan fingerprint density at radius 1 is 1.40 bits per heavy atom. The zero-order valence-electron chi connectivity index (χ0n) is 15.0. The largest absolute Gasteiger partial charge is 0.497 e. The second-order valence-corrected chi connectivity index (χ2v) is 5.34. The van der Waals surface area contributed by atoms with E-state index < -0.39 is 5.97 Å². The minimum absolute atomic E-state index is 0.206. The first-order valence-electron chi connectivity index (χ1n) is 7.73. The summed E-state index contributed by atoms with van der Waals surface area (Å²) in [6, 6.07) is 3.31. The van der Waals surface area contributed by atoms with Crippen LogP contribution in [0.2, 0.25) is 0 Å². The fourth-order valence-corrected chi connectivity index (χ4v) is 1.90. The molecule has 0 aromatic carbocycles. The topological polar surface area (TPSA) is 57.7 Å². The number of carbonyl (C=O) groups is 1. The van der Waals surface area contributed by atoms with Crippen molar-refractivity contribution >= 4 is 5.97 Å². The van der Waals surface area contributed by atoms with Gasteiger partial charge in [-0.3, -0.25) is 0 Å². The molecule has 0 radical (unpaired) electrons. The van der Waals surface area contributed by atoms with Gasteiger partial charge in [-0.05, 0) is 19.9 Å². The first kappa shape index (κ1) is 20.0. The van der Waals surface area contributed by atoms with Gasteiger partial charge in [0.15, 0.2) is 5.69 Å². The molecule has 1 aromatic rings. The number of nitrogens with zero attached hydrogens (tertiary/aromatic N) is 1. The van der Waals surface area contributed by atoms with E-state index in [9.17, 15) is 4.79 Å². The van der Waals surface area contributed by atoms with Crippen LogP contribution in [0.1, 0.15) is 30.0 Å². The number of terminal acetylenes is 1. The smallest absolute Gasteiger partial charge is 0.357 e. The fraction of sp³-hybridized carbons (Fsp3) is 0.300. The quantitative estimate of drug-likeness (QED) is 0.314. The molecule has 0 amide bonds. The van der Waals surface area contributed by atoms with Crippen LogP contribution in [0.4, 0.5) is 0 Å². The highest BCUT2D eigenvalue weighted by Crippen LogP contribution is 2.17. The van der Waals surface area contributed by atoms with Crippen LogP contribution in [0.5, 0.6) is 5.75 Å². The summed E-state index contributed by atoms with van der Waals surface area (Å²) in [5.41, 5.74) is 1.55. The van der Waals surface area contributed by atoms with E-state index in [0.717, 1.165) is 0 Å². The van der Waals surface area contributed by atoms with E-state index >= 15 is 0 Å². The number of esters is 1. The van der Waals surface area contributed by atoms with Gasteiger partial charge in [0.05, 0.1) is 20.3 Å². The first-order valence-corrected chi connectivity index (χ1v) is 7.73.